The van der Waals surface area contributed by atoms with Crippen molar-refractivity contribution in [3.63, 3.8) is 0 Å². The van der Waals surface area contributed by atoms with Crippen molar-refractivity contribution in [2.24, 2.45) is 0 Å². The van der Waals surface area contributed by atoms with Gasteiger partial charge in [0, 0.05) is 39.3 Å². The highest BCUT2D eigenvalue weighted by Crippen LogP contribution is 2.11. The van der Waals surface area contributed by atoms with Gasteiger partial charge in [-0.2, -0.15) is 0 Å². The Morgan fingerprint density at radius 3 is 2.62 bits per heavy atom. The Bertz CT molecular complexity index is 490. The van der Waals surface area contributed by atoms with Gasteiger partial charge in [-0.1, -0.05) is 6.07 Å². The van der Waals surface area contributed by atoms with Gasteiger partial charge in [-0.15, -0.1) is 0 Å². The molecule has 0 aliphatic carbocycles. The molecule has 1 aromatic carbocycles. The summed E-state index contributed by atoms with van der Waals surface area (Å²) >= 11 is 0. The van der Waals surface area contributed by atoms with E-state index in [-0.39, 0.29) is 5.91 Å². The second-order valence-corrected chi connectivity index (χ2v) is 5.18. The van der Waals surface area contributed by atoms with Crippen LogP contribution < -0.4 is 5.32 Å². The van der Waals surface area contributed by atoms with Crippen LogP contribution in [0.3, 0.4) is 0 Å². The molecule has 0 bridgehead atoms. The highest BCUT2D eigenvalue weighted by molar-refractivity contribution is 5.78. The highest BCUT2D eigenvalue weighted by Gasteiger charge is 2.18. The molecular formula is C15H21F2N3O. The molecule has 6 heteroatoms. The fraction of sp³-hybridized carbons (Fsp3) is 0.533. The molecule has 1 saturated heterocycles. The van der Waals surface area contributed by atoms with Crippen molar-refractivity contribution in [3.05, 3.63) is 35.4 Å². The van der Waals surface area contributed by atoms with Crippen LogP contribution in [0.2, 0.25) is 0 Å². The number of hydrogen-bond donors (Lipinski definition) is 1. The van der Waals surface area contributed by atoms with Gasteiger partial charge < -0.3 is 10.2 Å². The Morgan fingerprint density at radius 1 is 1.29 bits per heavy atom. The zero-order valence-electron chi connectivity index (χ0n) is 12.2. The molecule has 1 heterocycles. The summed E-state index contributed by atoms with van der Waals surface area (Å²) in [5.74, 6) is -1.73. The lowest BCUT2D eigenvalue weighted by molar-refractivity contribution is -0.133. The van der Waals surface area contributed by atoms with Crippen molar-refractivity contribution in [2.75, 3.05) is 39.3 Å². The molecule has 116 valence electrons. The van der Waals surface area contributed by atoms with Crippen LogP contribution in [0.1, 0.15) is 12.5 Å². The summed E-state index contributed by atoms with van der Waals surface area (Å²) in [7, 11) is 0. The van der Waals surface area contributed by atoms with Crippen LogP contribution in [0.25, 0.3) is 0 Å². The summed E-state index contributed by atoms with van der Waals surface area (Å²) in [4.78, 5) is 16.1. The normalized spacial score (nSPS) is 16.0. The maximum atomic E-state index is 13.2. The van der Waals surface area contributed by atoms with Gasteiger partial charge in [0.05, 0.1) is 6.54 Å². The zero-order chi connectivity index (χ0) is 15.2. The van der Waals surface area contributed by atoms with Crippen molar-refractivity contribution < 1.29 is 13.6 Å². The molecule has 4 nitrogen and oxygen atoms in total. The minimum atomic E-state index is -0.877. The van der Waals surface area contributed by atoms with Gasteiger partial charge in [-0.05, 0) is 24.6 Å². The van der Waals surface area contributed by atoms with E-state index in [0.717, 1.165) is 38.3 Å². The Hall–Kier alpha value is -1.53. The molecule has 1 amide bonds. The summed E-state index contributed by atoms with van der Waals surface area (Å²) in [6.45, 7) is 6.60. The molecule has 1 N–H and O–H groups in total. The Labute approximate surface area is 123 Å². The van der Waals surface area contributed by atoms with Crippen molar-refractivity contribution in [1.82, 2.24) is 15.1 Å². The van der Waals surface area contributed by atoms with Gasteiger partial charge in [-0.3, -0.25) is 9.69 Å². The number of benzene rings is 1. The molecule has 0 radical (unpaired) electrons. The SMILES string of the molecule is CCN(Cc1ccc(F)c(F)c1)C(=O)CN1CCNCC1. The number of carbonyl (C=O) groups is 1. The molecule has 0 atom stereocenters. The van der Waals surface area contributed by atoms with Crippen LogP contribution >= 0.6 is 0 Å². The standard InChI is InChI=1S/C15H21F2N3O/c1-2-20(10-12-3-4-13(16)14(17)9-12)15(21)11-19-7-5-18-6-8-19/h3-4,9,18H,2,5-8,10-11H2,1H3. The third kappa shape index (κ3) is 4.47. The predicted octanol–water partition coefficient (Wildman–Crippen LogP) is 1.22. The smallest absolute Gasteiger partial charge is 0.237 e. The Kier molecular flexibility index (Phi) is 5.64. The van der Waals surface area contributed by atoms with E-state index in [1.165, 1.54) is 6.07 Å². The van der Waals surface area contributed by atoms with Crippen LogP contribution in [0.15, 0.2) is 18.2 Å². The number of likely N-dealkylation sites (N-methyl/N-ethyl adjacent to an activating group) is 1. The van der Waals surface area contributed by atoms with Crippen LogP contribution in [-0.2, 0) is 11.3 Å². The predicted molar refractivity (Wildman–Crippen MR) is 76.8 cm³/mol. The van der Waals surface area contributed by atoms with Gasteiger partial charge in [0.15, 0.2) is 11.6 Å². The monoisotopic (exact) mass is 297 g/mol. The maximum absolute atomic E-state index is 13.2. The molecule has 1 fully saturated rings. The third-order valence-electron chi connectivity index (χ3n) is 3.66. The first-order chi connectivity index (χ1) is 10.1. The number of piperazine rings is 1. The van der Waals surface area contributed by atoms with E-state index < -0.39 is 11.6 Å². The van der Waals surface area contributed by atoms with E-state index in [1.807, 2.05) is 6.92 Å². The van der Waals surface area contributed by atoms with E-state index >= 15 is 0 Å². The number of hydrogen-bond acceptors (Lipinski definition) is 3. The number of nitrogens with zero attached hydrogens (tertiary/aromatic N) is 2. The van der Waals surface area contributed by atoms with Gasteiger partial charge in [-0.25, -0.2) is 8.78 Å². The van der Waals surface area contributed by atoms with Crippen LogP contribution in [-0.4, -0.2) is 55.0 Å². The summed E-state index contributed by atoms with van der Waals surface area (Å²) < 4.78 is 26.1. The molecule has 2 rings (SSSR count). The van der Waals surface area contributed by atoms with Crippen molar-refractivity contribution in [3.8, 4) is 0 Å². The highest BCUT2D eigenvalue weighted by atomic mass is 19.2. The second kappa shape index (κ2) is 7.47. The number of carbonyl (C=O) groups excluding carboxylic acids is 1. The zero-order valence-corrected chi connectivity index (χ0v) is 12.2. The van der Waals surface area contributed by atoms with Crippen molar-refractivity contribution in [1.29, 1.82) is 0 Å². The lowest BCUT2D eigenvalue weighted by Gasteiger charge is -2.29. The lowest BCUT2D eigenvalue weighted by Crippen LogP contribution is -2.48. The second-order valence-electron chi connectivity index (χ2n) is 5.18. The van der Waals surface area contributed by atoms with E-state index in [9.17, 15) is 13.6 Å². The lowest BCUT2D eigenvalue weighted by atomic mass is 10.2. The Morgan fingerprint density at radius 2 is 2.00 bits per heavy atom. The number of nitrogens with one attached hydrogen (secondary N) is 1. The summed E-state index contributed by atoms with van der Waals surface area (Å²) in [6.07, 6.45) is 0. The van der Waals surface area contributed by atoms with Crippen LogP contribution in [0, 0.1) is 11.6 Å². The first-order valence-electron chi connectivity index (χ1n) is 7.25. The van der Waals surface area contributed by atoms with E-state index in [2.05, 4.69) is 10.2 Å². The van der Waals surface area contributed by atoms with Gasteiger partial charge in [0.25, 0.3) is 0 Å². The Balaban J connectivity index is 1.94. The fourth-order valence-electron chi connectivity index (χ4n) is 2.40. The number of rotatable bonds is 5. The summed E-state index contributed by atoms with van der Waals surface area (Å²) in [5.41, 5.74) is 0.601. The fourth-order valence-corrected chi connectivity index (χ4v) is 2.40. The van der Waals surface area contributed by atoms with Crippen LogP contribution in [0.4, 0.5) is 8.78 Å². The van der Waals surface area contributed by atoms with Crippen molar-refractivity contribution in [2.45, 2.75) is 13.5 Å². The average Bonchev–Trinajstić information content (AvgIpc) is 2.49. The first kappa shape index (κ1) is 15.9. The molecular weight excluding hydrogens is 276 g/mol. The minimum absolute atomic E-state index is 0.0177. The van der Waals surface area contributed by atoms with Gasteiger partial charge in [0.1, 0.15) is 0 Å². The topological polar surface area (TPSA) is 35.6 Å². The number of halogens is 2. The molecule has 21 heavy (non-hydrogen) atoms. The van der Waals surface area contributed by atoms with E-state index in [0.29, 0.717) is 25.2 Å². The molecule has 1 aromatic rings. The molecule has 1 aliphatic heterocycles. The van der Waals surface area contributed by atoms with Crippen molar-refractivity contribution >= 4 is 5.91 Å². The average molecular weight is 297 g/mol. The number of amides is 1. The summed E-state index contributed by atoms with van der Waals surface area (Å²) in [6, 6.07) is 3.76. The first-order valence-corrected chi connectivity index (χ1v) is 7.25. The van der Waals surface area contributed by atoms with Gasteiger partial charge >= 0.3 is 0 Å². The quantitative estimate of drug-likeness (QED) is 0.887. The van der Waals surface area contributed by atoms with Crippen LogP contribution in [0.5, 0.6) is 0 Å². The largest absolute Gasteiger partial charge is 0.338 e. The molecule has 0 unspecified atom stereocenters. The molecule has 0 saturated carbocycles. The third-order valence-corrected chi connectivity index (χ3v) is 3.66. The molecule has 0 spiro atoms. The molecule has 1 aliphatic rings. The van der Waals surface area contributed by atoms with E-state index in [4.69, 9.17) is 0 Å². The maximum Gasteiger partial charge on any atom is 0.237 e. The summed E-state index contributed by atoms with van der Waals surface area (Å²) in [5, 5.41) is 3.24. The van der Waals surface area contributed by atoms with Gasteiger partial charge in [0.2, 0.25) is 5.91 Å². The molecule has 0 aromatic heterocycles. The minimum Gasteiger partial charge on any atom is -0.338 e. The van der Waals surface area contributed by atoms with E-state index in [1.54, 1.807) is 4.90 Å².